The van der Waals surface area contributed by atoms with Gasteiger partial charge < -0.3 is 15.8 Å². The third-order valence-corrected chi connectivity index (χ3v) is 4.20. The standard InChI is InChI=1S/C12H21N3OS/c1-3-16-10-11(13)15-17-12(10)14-8(2)9-6-4-5-7-9/h8-9,14H,3-7H2,1-2H3,(H2,13,15). The number of nitrogens with two attached hydrogens (primary N) is 1. The molecule has 1 unspecified atom stereocenters. The van der Waals surface area contributed by atoms with Gasteiger partial charge in [-0.15, -0.1) is 0 Å². The lowest BCUT2D eigenvalue weighted by Gasteiger charge is -2.20. The molecule has 17 heavy (non-hydrogen) atoms. The van der Waals surface area contributed by atoms with Crippen LogP contribution >= 0.6 is 11.5 Å². The van der Waals surface area contributed by atoms with Crippen molar-refractivity contribution < 1.29 is 4.74 Å². The molecular weight excluding hydrogens is 234 g/mol. The highest BCUT2D eigenvalue weighted by atomic mass is 32.1. The number of nitrogens with zero attached hydrogens (tertiary/aromatic N) is 1. The van der Waals surface area contributed by atoms with Crippen molar-refractivity contribution in [3.63, 3.8) is 0 Å². The maximum Gasteiger partial charge on any atom is 0.197 e. The van der Waals surface area contributed by atoms with Crippen molar-refractivity contribution in [2.45, 2.75) is 45.6 Å². The minimum Gasteiger partial charge on any atom is -0.487 e. The molecule has 0 aliphatic heterocycles. The average molecular weight is 255 g/mol. The minimum absolute atomic E-state index is 0.469. The Bertz CT molecular complexity index is 361. The van der Waals surface area contributed by atoms with Gasteiger partial charge in [-0.2, -0.15) is 4.37 Å². The summed E-state index contributed by atoms with van der Waals surface area (Å²) in [5.41, 5.74) is 5.79. The first-order valence-corrected chi connectivity index (χ1v) is 7.14. The zero-order chi connectivity index (χ0) is 12.3. The molecule has 0 saturated heterocycles. The fraction of sp³-hybridized carbons (Fsp3) is 0.750. The van der Waals surface area contributed by atoms with Crippen LogP contribution in [-0.2, 0) is 0 Å². The Labute approximate surface area is 107 Å². The molecular formula is C12H21N3OS. The Morgan fingerprint density at radius 2 is 2.24 bits per heavy atom. The quantitative estimate of drug-likeness (QED) is 0.848. The van der Waals surface area contributed by atoms with Crippen molar-refractivity contribution in [3.8, 4) is 5.75 Å². The lowest BCUT2D eigenvalue weighted by molar-refractivity contribution is 0.343. The van der Waals surface area contributed by atoms with Gasteiger partial charge in [0.15, 0.2) is 16.6 Å². The van der Waals surface area contributed by atoms with E-state index >= 15 is 0 Å². The minimum atomic E-state index is 0.469. The molecule has 3 N–H and O–H groups in total. The van der Waals surface area contributed by atoms with E-state index in [0.29, 0.717) is 18.5 Å². The van der Waals surface area contributed by atoms with E-state index in [1.54, 1.807) is 0 Å². The summed E-state index contributed by atoms with van der Waals surface area (Å²) >= 11 is 1.39. The molecule has 1 aliphatic carbocycles. The molecule has 1 aromatic heterocycles. The van der Waals surface area contributed by atoms with Crippen molar-refractivity contribution in [1.29, 1.82) is 0 Å². The maximum absolute atomic E-state index is 5.79. The highest BCUT2D eigenvalue weighted by molar-refractivity contribution is 7.11. The molecule has 5 heteroatoms. The van der Waals surface area contributed by atoms with Gasteiger partial charge in [0.25, 0.3) is 0 Å². The fourth-order valence-corrected chi connectivity index (χ4v) is 3.21. The number of hydrogen-bond donors (Lipinski definition) is 2. The molecule has 0 amide bonds. The molecule has 1 saturated carbocycles. The van der Waals surface area contributed by atoms with Gasteiger partial charge in [-0.3, -0.25) is 0 Å². The summed E-state index contributed by atoms with van der Waals surface area (Å²) in [7, 11) is 0. The number of anilines is 2. The van der Waals surface area contributed by atoms with Gasteiger partial charge in [0.1, 0.15) is 0 Å². The van der Waals surface area contributed by atoms with E-state index in [0.717, 1.165) is 16.7 Å². The number of hydrogen-bond acceptors (Lipinski definition) is 5. The van der Waals surface area contributed by atoms with Gasteiger partial charge in [-0.1, -0.05) is 12.8 Å². The number of nitrogen functional groups attached to an aromatic ring is 1. The summed E-state index contributed by atoms with van der Waals surface area (Å²) < 4.78 is 9.68. The van der Waals surface area contributed by atoms with Crippen LogP contribution in [0.5, 0.6) is 5.75 Å². The van der Waals surface area contributed by atoms with Crippen LogP contribution < -0.4 is 15.8 Å². The summed E-state index contributed by atoms with van der Waals surface area (Å²) in [6.45, 7) is 4.82. The van der Waals surface area contributed by atoms with Crippen molar-refractivity contribution in [3.05, 3.63) is 0 Å². The van der Waals surface area contributed by atoms with E-state index in [1.807, 2.05) is 6.92 Å². The van der Waals surface area contributed by atoms with Gasteiger partial charge >= 0.3 is 0 Å². The van der Waals surface area contributed by atoms with Gasteiger partial charge in [-0.25, -0.2) is 0 Å². The molecule has 96 valence electrons. The Balaban J connectivity index is 2.01. The Hall–Kier alpha value is -0.970. The van der Waals surface area contributed by atoms with E-state index in [-0.39, 0.29) is 0 Å². The molecule has 4 nitrogen and oxygen atoms in total. The van der Waals surface area contributed by atoms with Crippen molar-refractivity contribution in [1.82, 2.24) is 4.37 Å². The lowest BCUT2D eigenvalue weighted by atomic mass is 10.00. The summed E-state index contributed by atoms with van der Waals surface area (Å²) in [5, 5.41) is 4.48. The van der Waals surface area contributed by atoms with Gasteiger partial charge in [-0.05, 0) is 44.1 Å². The number of aromatic nitrogens is 1. The fourth-order valence-electron chi connectivity index (χ4n) is 2.45. The first kappa shape index (κ1) is 12.5. The topological polar surface area (TPSA) is 60.2 Å². The molecule has 1 aliphatic rings. The summed E-state index contributed by atoms with van der Waals surface area (Å²) in [4.78, 5) is 0. The third kappa shape index (κ3) is 2.83. The Kier molecular flexibility index (Phi) is 4.10. The van der Waals surface area contributed by atoms with Crippen LogP contribution in [0.4, 0.5) is 10.8 Å². The van der Waals surface area contributed by atoms with Crippen molar-refractivity contribution in [2.24, 2.45) is 5.92 Å². The average Bonchev–Trinajstić information content (AvgIpc) is 2.93. The van der Waals surface area contributed by atoms with Gasteiger partial charge in [0.05, 0.1) is 6.61 Å². The largest absolute Gasteiger partial charge is 0.487 e. The van der Waals surface area contributed by atoms with E-state index < -0.39 is 0 Å². The third-order valence-electron chi connectivity index (χ3n) is 3.43. The maximum atomic E-state index is 5.79. The highest BCUT2D eigenvalue weighted by Crippen LogP contribution is 2.37. The molecule has 0 spiro atoms. The van der Waals surface area contributed by atoms with E-state index in [2.05, 4.69) is 16.6 Å². The monoisotopic (exact) mass is 255 g/mol. The number of nitrogens with one attached hydrogen (secondary N) is 1. The van der Waals surface area contributed by atoms with Crippen LogP contribution in [-0.4, -0.2) is 17.0 Å². The summed E-state index contributed by atoms with van der Waals surface area (Å²) in [6, 6.07) is 0.469. The second-order valence-corrected chi connectivity index (χ2v) is 5.41. The predicted octanol–water partition coefficient (Wildman–Crippen LogP) is 3.11. The molecule has 0 aromatic carbocycles. The van der Waals surface area contributed by atoms with Crippen LogP contribution in [0.25, 0.3) is 0 Å². The molecule has 0 radical (unpaired) electrons. The predicted molar refractivity (Wildman–Crippen MR) is 72.7 cm³/mol. The molecule has 1 heterocycles. The van der Waals surface area contributed by atoms with Crippen molar-refractivity contribution in [2.75, 3.05) is 17.7 Å². The Morgan fingerprint density at radius 3 is 2.88 bits per heavy atom. The molecule has 0 bridgehead atoms. The summed E-state index contributed by atoms with van der Waals surface area (Å²) in [6.07, 6.45) is 5.37. The smallest absolute Gasteiger partial charge is 0.197 e. The second-order valence-electron chi connectivity index (χ2n) is 4.64. The van der Waals surface area contributed by atoms with Crippen molar-refractivity contribution >= 4 is 22.4 Å². The van der Waals surface area contributed by atoms with Crippen LogP contribution in [0.3, 0.4) is 0 Å². The van der Waals surface area contributed by atoms with Crippen LogP contribution in [0.2, 0.25) is 0 Å². The van der Waals surface area contributed by atoms with Crippen LogP contribution in [0.15, 0.2) is 0 Å². The highest BCUT2D eigenvalue weighted by Gasteiger charge is 2.23. The first-order valence-electron chi connectivity index (χ1n) is 6.36. The first-order chi connectivity index (χ1) is 8.22. The number of rotatable bonds is 5. The zero-order valence-electron chi connectivity index (χ0n) is 10.5. The normalized spacial score (nSPS) is 18.2. The molecule has 1 aromatic rings. The van der Waals surface area contributed by atoms with E-state index in [9.17, 15) is 0 Å². The SMILES string of the molecule is CCOc1c(N)nsc1NC(C)C1CCCC1. The lowest BCUT2D eigenvalue weighted by Crippen LogP contribution is -2.23. The second kappa shape index (κ2) is 5.58. The zero-order valence-corrected chi connectivity index (χ0v) is 11.3. The molecule has 1 fully saturated rings. The van der Waals surface area contributed by atoms with Crippen LogP contribution in [0, 0.1) is 5.92 Å². The van der Waals surface area contributed by atoms with Crippen LogP contribution in [0.1, 0.15) is 39.5 Å². The molecule has 1 atom stereocenters. The van der Waals surface area contributed by atoms with E-state index in [1.165, 1.54) is 37.2 Å². The Morgan fingerprint density at radius 1 is 1.53 bits per heavy atom. The number of ether oxygens (including phenoxy) is 1. The van der Waals surface area contributed by atoms with Gasteiger partial charge in [0, 0.05) is 6.04 Å². The summed E-state index contributed by atoms with van der Waals surface area (Å²) in [5.74, 6) is 1.99. The van der Waals surface area contributed by atoms with E-state index in [4.69, 9.17) is 10.5 Å². The molecule has 2 rings (SSSR count). The van der Waals surface area contributed by atoms with Gasteiger partial charge in [0.2, 0.25) is 0 Å².